The third-order valence-corrected chi connectivity index (χ3v) is 3.60. The molecular formula is C17H17N5O3. The second-order valence-electron chi connectivity index (χ2n) is 5.25. The van der Waals surface area contributed by atoms with E-state index in [1.807, 2.05) is 0 Å². The highest BCUT2D eigenvalue weighted by Crippen LogP contribution is 2.26. The average Bonchev–Trinajstić information content (AvgIpc) is 2.65. The molecule has 0 aliphatic carbocycles. The van der Waals surface area contributed by atoms with Crippen molar-refractivity contribution in [1.82, 2.24) is 20.3 Å². The van der Waals surface area contributed by atoms with Crippen molar-refractivity contribution in [3.63, 3.8) is 0 Å². The van der Waals surface area contributed by atoms with Gasteiger partial charge in [0.25, 0.3) is 5.91 Å². The summed E-state index contributed by atoms with van der Waals surface area (Å²) in [6, 6.07) is 10.5. The summed E-state index contributed by atoms with van der Waals surface area (Å²) >= 11 is 0. The summed E-state index contributed by atoms with van der Waals surface area (Å²) in [5, 5.41) is 12.4. The summed E-state index contributed by atoms with van der Waals surface area (Å²) in [5.41, 5.74) is 7.54. The molecule has 2 aromatic heterocycles. The highest BCUT2D eigenvalue weighted by molar-refractivity contribution is 6.05. The van der Waals surface area contributed by atoms with Crippen LogP contribution in [-0.2, 0) is 13.2 Å². The van der Waals surface area contributed by atoms with Crippen LogP contribution in [0, 0.1) is 0 Å². The van der Waals surface area contributed by atoms with Gasteiger partial charge in [0.05, 0.1) is 31.6 Å². The Labute approximate surface area is 143 Å². The van der Waals surface area contributed by atoms with E-state index in [9.17, 15) is 4.79 Å². The van der Waals surface area contributed by atoms with E-state index in [0.717, 1.165) is 0 Å². The lowest BCUT2D eigenvalue weighted by molar-refractivity contribution is 0.0947. The lowest BCUT2D eigenvalue weighted by atomic mass is 10.1. The number of carbonyl (C=O) groups is 1. The van der Waals surface area contributed by atoms with Gasteiger partial charge in [-0.05, 0) is 18.2 Å². The number of ether oxygens (including phenoxy) is 1. The third kappa shape index (κ3) is 3.48. The standard InChI is InChI=1S/C17H17N5O3/c1-25-13-7-3-6-12-14(13)21-17(18)22-15(12)16(24)19-8-10-4-2-5-11(9-23)20-10/h2-7,23H,8-9H2,1H3,(H,19,24)(H2,18,21,22). The zero-order valence-corrected chi connectivity index (χ0v) is 13.6. The number of carbonyl (C=O) groups excluding carboxylic acids is 1. The normalized spacial score (nSPS) is 10.6. The van der Waals surface area contributed by atoms with Crippen molar-refractivity contribution in [2.75, 3.05) is 12.8 Å². The number of rotatable bonds is 5. The number of methoxy groups -OCH3 is 1. The number of nitrogens with one attached hydrogen (secondary N) is 1. The SMILES string of the molecule is COc1cccc2c(C(=O)NCc3cccc(CO)n3)nc(N)nc12. The molecule has 0 unspecified atom stereocenters. The highest BCUT2D eigenvalue weighted by atomic mass is 16.5. The van der Waals surface area contributed by atoms with E-state index < -0.39 is 5.91 Å². The molecule has 1 aromatic carbocycles. The summed E-state index contributed by atoms with van der Waals surface area (Å²) in [7, 11) is 1.52. The minimum absolute atomic E-state index is 0.0115. The van der Waals surface area contributed by atoms with Crippen LogP contribution in [0.1, 0.15) is 21.9 Å². The number of aromatic nitrogens is 3. The molecule has 0 saturated carbocycles. The van der Waals surface area contributed by atoms with E-state index in [1.54, 1.807) is 36.4 Å². The Morgan fingerprint density at radius 1 is 1.16 bits per heavy atom. The number of nitrogens with two attached hydrogens (primary N) is 1. The van der Waals surface area contributed by atoms with Crippen LogP contribution in [0.4, 0.5) is 5.95 Å². The molecule has 0 aliphatic rings. The molecule has 0 saturated heterocycles. The van der Waals surface area contributed by atoms with Gasteiger partial charge in [-0.1, -0.05) is 18.2 Å². The number of amides is 1. The van der Waals surface area contributed by atoms with Crippen molar-refractivity contribution in [2.45, 2.75) is 13.2 Å². The Morgan fingerprint density at radius 3 is 2.68 bits per heavy atom. The Morgan fingerprint density at radius 2 is 1.92 bits per heavy atom. The van der Waals surface area contributed by atoms with Crippen LogP contribution in [0.25, 0.3) is 10.9 Å². The number of para-hydroxylation sites is 1. The van der Waals surface area contributed by atoms with Gasteiger partial charge in [-0.3, -0.25) is 9.78 Å². The molecule has 4 N–H and O–H groups in total. The minimum Gasteiger partial charge on any atom is -0.494 e. The predicted octanol–water partition coefficient (Wildman–Crippen LogP) is 1.04. The number of aliphatic hydroxyl groups excluding tert-OH is 1. The Balaban J connectivity index is 1.89. The lowest BCUT2D eigenvalue weighted by Crippen LogP contribution is -2.25. The maximum absolute atomic E-state index is 12.6. The molecule has 3 rings (SSSR count). The summed E-state index contributed by atoms with van der Waals surface area (Å²) in [5.74, 6) is 0.101. The predicted molar refractivity (Wildman–Crippen MR) is 91.8 cm³/mol. The van der Waals surface area contributed by atoms with Crippen molar-refractivity contribution in [3.05, 3.63) is 53.5 Å². The fourth-order valence-electron chi connectivity index (χ4n) is 2.45. The zero-order valence-electron chi connectivity index (χ0n) is 13.6. The monoisotopic (exact) mass is 339 g/mol. The lowest BCUT2D eigenvalue weighted by Gasteiger charge is -2.10. The van der Waals surface area contributed by atoms with Gasteiger partial charge in [0.2, 0.25) is 5.95 Å². The number of nitrogen functional groups attached to an aromatic ring is 1. The van der Waals surface area contributed by atoms with E-state index in [1.165, 1.54) is 7.11 Å². The molecule has 1 amide bonds. The van der Waals surface area contributed by atoms with Crippen molar-refractivity contribution >= 4 is 22.8 Å². The second kappa shape index (κ2) is 7.10. The number of benzene rings is 1. The molecule has 0 spiro atoms. The Hall–Kier alpha value is -3.26. The fourth-order valence-corrected chi connectivity index (χ4v) is 2.45. The molecule has 0 fully saturated rings. The smallest absolute Gasteiger partial charge is 0.271 e. The maximum atomic E-state index is 12.6. The van der Waals surface area contributed by atoms with Crippen LogP contribution in [0.5, 0.6) is 5.75 Å². The molecule has 2 heterocycles. The second-order valence-corrected chi connectivity index (χ2v) is 5.25. The zero-order chi connectivity index (χ0) is 17.8. The number of anilines is 1. The van der Waals surface area contributed by atoms with Crippen LogP contribution in [0.3, 0.4) is 0 Å². The van der Waals surface area contributed by atoms with Gasteiger partial charge in [0, 0.05) is 5.39 Å². The first-order valence-electron chi connectivity index (χ1n) is 7.56. The summed E-state index contributed by atoms with van der Waals surface area (Å²) < 4.78 is 5.26. The summed E-state index contributed by atoms with van der Waals surface area (Å²) in [4.78, 5) is 25.0. The number of hydrogen-bond acceptors (Lipinski definition) is 7. The average molecular weight is 339 g/mol. The van der Waals surface area contributed by atoms with Gasteiger partial charge in [-0.25, -0.2) is 9.97 Å². The molecule has 0 bridgehead atoms. The van der Waals surface area contributed by atoms with Gasteiger partial charge >= 0.3 is 0 Å². The number of pyridine rings is 1. The summed E-state index contributed by atoms with van der Waals surface area (Å²) in [6.07, 6.45) is 0. The summed E-state index contributed by atoms with van der Waals surface area (Å²) in [6.45, 7) is 0.0384. The maximum Gasteiger partial charge on any atom is 0.271 e. The van der Waals surface area contributed by atoms with Crippen molar-refractivity contribution in [3.8, 4) is 5.75 Å². The van der Waals surface area contributed by atoms with E-state index in [2.05, 4.69) is 20.3 Å². The number of hydrogen-bond donors (Lipinski definition) is 3. The van der Waals surface area contributed by atoms with E-state index in [-0.39, 0.29) is 24.8 Å². The Bertz CT molecular complexity index is 929. The number of nitrogens with zero attached hydrogens (tertiary/aromatic N) is 3. The van der Waals surface area contributed by atoms with Crippen molar-refractivity contribution in [2.24, 2.45) is 0 Å². The molecule has 8 nitrogen and oxygen atoms in total. The molecule has 3 aromatic rings. The van der Waals surface area contributed by atoms with Gasteiger partial charge in [0.1, 0.15) is 17.0 Å². The highest BCUT2D eigenvalue weighted by Gasteiger charge is 2.16. The quantitative estimate of drug-likeness (QED) is 0.634. The van der Waals surface area contributed by atoms with Crippen LogP contribution in [-0.4, -0.2) is 33.1 Å². The van der Waals surface area contributed by atoms with E-state index >= 15 is 0 Å². The van der Waals surface area contributed by atoms with E-state index in [4.69, 9.17) is 15.6 Å². The Kier molecular flexibility index (Phi) is 4.71. The molecular weight excluding hydrogens is 322 g/mol. The molecule has 25 heavy (non-hydrogen) atoms. The van der Waals surface area contributed by atoms with E-state index in [0.29, 0.717) is 28.0 Å². The van der Waals surface area contributed by atoms with Crippen LogP contribution in [0.15, 0.2) is 36.4 Å². The first-order chi connectivity index (χ1) is 12.1. The molecule has 0 atom stereocenters. The van der Waals surface area contributed by atoms with Gasteiger partial charge in [0.15, 0.2) is 0 Å². The van der Waals surface area contributed by atoms with Crippen LogP contribution >= 0.6 is 0 Å². The molecule has 0 aliphatic heterocycles. The molecule has 128 valence electrons. The van der Waals surface area contributed by atoms with Crippen molar-refractivity contribution in [1.29, 1.82) is 0 Å². The molecule has 0 radical (unpaired) electrons. The van der Waals surface area contributed by atoms with Gasteiger partial charge in [-0.15, -0.1) is 0 Å². The first kappa shape index (κ1) is 16.6. The van der Waals surface area contributed by atoms with Crippen LogP contribution in [0.2, 0.25) is 0 Å². The van der Waals surface area contributed by atoms with Gasteiger partial charge < -0.3 is 20.9 Å². The number of aliphatic hydroxyl groups is 1. The minimum atomic E-state index is -0.399. The topological polar surface area (TPSA) is 123 Å². The third-order valence-electron chi connectivity index (χ3n) is 3.60. The largest absolute Gasteiger partial charge is 0.494 e. The van der Waals surface area contributed by atoms with Crippen LogP contribution < -0.4 is 15.8 Å². The van der Waals surface area contributed by atoms with Crippen molar-refractivity contribution < 1.29 is 14.6 Å². The molecule has 8 heteroatoms. The fraction of sp³-hybridized carbons (Fsp3) is 0.176. The van der Waals surface area contributed by atoms with Gasteiger partial charge in [-0.2, -0.15) is 0 Å². The first-order valence-corrected chi connectivity index (χ1v) is 7.56. The number of fused-ring (bicyclic) bond motifs is 1.